The Labute approximate surface area is 190 Å². The van der Waals surface area contributed by atoms with E-state index in [1.807, 2.05) is 29.2 Å². The zero-order chi connectivity index (χ0) is 23.1. The summed E-state index contributed by atoms with van der Waals surface area (Å²) >= 11 is 0. The van der Waals surface area contributed by atoms with Crippen molar-refractivity contribution < 1.29 is 14.3 Å². The van der Waals surface area contributed by atoms with E-state index in [0.717, 1.165) is 30.8 Å². The normalized spacial score (nSPS) is 15.7. The zero-order valence-corrected chi connectivity index (χ0v) is 18.2. The summed E-state index contributed by atoms with van der Waals surface area (Å²) in [7, 11) is 1.58. The second-order valence-electron chi connectivity index (χ2n) is 8.07. The van der Waals surface area contributed by atoms with Gasteiger partial charge in [0.25, 0.3) is 11.8 Å². The standard InChI is InChI=1S/C24H24N6O3/c1-33-18-10-8-17(9-11-18)30-22-19(21(27-30)23(26)31)12-14-29(24(22)32)16-6-4-15(5-7-16)28-13-2-3-20(28)25/h4-11,25H,2-3,12-14H2,1H3,(H2,26,31). The van der Waals surface area contributed by atoms with Crippen LogP contribution in [0.5, 0.6) is 5.75 Å². The Morgan fingerprint density at radius 2 is 1.61 bits per heavy atom. The van der Waals surface area contributed by atoms with E-state index in [-0.39, 0.29) is 11.6 Å². The van der Waals surface area contributed by atoms with E-state index in [1.54, 1.807) is 36.3 Å². The summed E-state index contributed by atoms with van der Waals surface area (Å²) in [5.74, 6) is 0.392. The molecule has 2 aromatic carbocycles. The van der Waals surface area contributed by atoms with Crippen LogP contribution in [0.2, 0.25) is 0 Å². The van der Waals surface area contributed by atoms with Gasteiger partial charge >= 0.3 is 0 Å². The van der Waals surface area contributed by atoms with E-state index in [1.165, 1.54) is 4.68 Å². The number of amidine groups is 1. The van der Waals surface area contributed by atoms with Crippen LogP contribution in [0, 0.1) is 5.41 Å². The fraction of sp³-hybridized carbons (Fsp3) is 0.250. The molecule has 5 rings (SSSR count). The van der Waals surface area contributed by atoms with Crippen LogP contribution >= 0.6 is 0 Å². The van der Waals surface area contributed by atoms with Crippen molar-refractivity contribution in [1.29, 1.82) is 5.41 Å². The monoisotopic (exact) mass is 444 g/mol. The van der Waals surface area contributed by atoms with Crippen LogP contribution in [0.4, 0.5) is 11.4 Å². The Morgan fingerprint density at radius 3 is 2.18 bits per heavy atom. The van der Waals surface area contributed by atoms with Crippen molar-refractivity contribution in [3.8, 4) is 11.4 Å². The first-order valence-electron chi connectivity index (χ1n) is 10.8. The number of amides is 2. The summed E-state index contributed by atoms with van der Waals surface area (Å²) in [6, 6.07) is 14.8. The second kappa shape index (κ2) is 8.09. The van der Waals surface area contributed by atoms with E-state index < -0.39 is 5.91 Å². The van der Waals surface area contributed by atoms with Crippen LogP contribution in [0.15, 0.2) is 48.5 Å². The summed E-state index contributed by atoms with van der Waals surface area (Å²) in [6.07, 6.45) is 2.23. The number of ether oxygens (including phenoxy) is 1. The fourth-order valence-electron chi connectivity index (χ4n) is 4.49. The SMILES string of the molecule is COc1ccc(-n2nc(C(N)=O)c3c2C(=O)N(c2ccc(N4CCCC4=N)cc2)CC3)cc1. The average Bonchev–Trinajstić information content (AvgIpc) is 3.44. The highest BCUT2D eigenvalue weighted by molar-refractivity contribution is 6.09. The quantitative estimate of drug-likeness (QED) is 0.627. The molecule has 0 spiro atoms. The number of anilines is 2. The van der Waals surface area contributed by atoms with Gasteiger partial charge in [-0.1, -0.05) is 0 Å². The number of fused-ring (bicyclic) bond motifs is 1. The number of carbonyl (C=O) groups is 2. The van der Waals surface area contributed by atoms with Gasteiger partial charge in [0.05, 0.1) is 12.8 Å². The lowest BCUT2D eigenvalue weighted by Crippen LogP contribution is -2.39. The lowest BCUT2D eigenvalue weighted by atomic mass is 10.0. The number of aromatic nitrogens is 2. The predicted molar refractivity (Wildman–Crippen MR) is 125 cm³/mol. The number of hydrogen-bond acceptors (Lipinski definition) is 5. The number of nitrogens with two attached hydrogens (primary N) is 1. The van der Waals surface area contributed by atoms with Crippen LogP contribution < -0.4 is 20.3 Å². The van der Waals surface area contributed by atoms with Gasteiger partial charge in [-0.3, -0.25) is 15.0 Å². The maximum Gasteiger partial charge on any atom is 0.277 e. The molecule has 0 saturated carbocycles. The molecule has 2 aliphatic heterocycles. The van der Waals surface area contributed by atoms with Gasteiger partial charge in [-0.25, -0.2) is 4.68 Å². The summed E-state index contributed by atoms with van der Waals surface area (Å²) < 4.78 is 6.70. The Hall–Kier alpha value is -4.14. The van der Waals surface area contributed by atoms with Gasteiger partial charge < -0.3 is 20.3 Å². The lowest BCUT2D eigenvalue weighted by molar-refractivity contribution is 0.0972. The van der Waals surface area contributed by atoms with Crippen molar-refractivity contribution in [2.24, 2.45) is 5.73 Å². The highest BCUT2D eigenvalue weighted by atomic mass is 16.5. The molecule has 3 heterocycles. The highest BCUT2D eigenvalue weighted by Gasteiger charge is 2.34. The maximum absolute atomic E-state index is 13.6. The van der Waals surface area contributed by atoms with Crippen LogP contribution in [0.3, 0.4) is 0 Å². The molecule has 0 bridgehead atoms. The largest absolute Gasteiger partial charge is 0.497 e. The van der Waals surface area contributed by atoms with Gasteiger partial charge in [0, 0.05) is 36.4 Å². The first-order chi connectivity index (χ1) is 16.0. The summed E-state index contributed by atoms with van der Waals surface area (Å²) in [5.41, 5.74) is 8.94. The molecule has 0 aliphatic carbocycles. The van der Waals surface area contributed by atoms with Crippen LogP contribution in [0.25, 0.3) is 5.69 Å². The Bertz CT molecular complexity index is 1250. The fourth-order valence-corrected chi connectivity index (χ4v) is 4.49. The number of nitrogens with zero attached hydrogens (tertiary/aromatic N) is 4. The third-order valence-corrected chi connectivity index (χ3v) is 6.16. The molecule has 33 heavy (non-hydrogen) atoms. The molecular formula is C24H24N6O3. The van der Waals surface area contributed by atoms with Crippen molar-refractivity contribution in [3.63, 3.8) is 0 Å². The van der Waals surface area contributed by atoms with E-state index in [2.05, 4.69) is 5.10 Å². The lowest BCUT2D eigenvalue weighted by Gasteiger charge is -2.28. The van der Waals surface area contributed by atoms with E-state index in [9.17, 15) is 9.59 Å². The van der Waals surface area contributed by atoms with Crippen LogP contribution in [-0.2, 0) is 6.42 Å². The zero-order valence-electron chi connectivity index (χ0n) is 18.2. The average molecular weight is 444 g/mol. The molecule has 1 saturated heterocycles. The molecule has 0 atom stereocenters. The van der Waals surface area contributed by atoms with E-state index in [0.29, 0.717) is 41.5 Å². The summed E-state index contributed by atoms with van der Waals surface area (Å²) in [4.78, 5) is 29.3. The second-order valence-corrected chi connectivity index (χ2v) is 8.07. The van der Waals surface area contributed by atoms with Crippen molar-refractivity contribution in [1.82, 2.24) is 9.78 Å². The summed E-state index contributed by atoms with van der Waals surface area (Å²) in [6.45, 7) is 1.25. The topological polar surface area (TPSA) is 118 Å². The highest BCUT2D eigenvalue weighted by Crippen LogP contribution is 2.31. The Morgan fingerprint density at radius 1 is 0.970 bits per heavy atom. The number of primary amides is 1. The number of benzene rings is 2. The van der Waals surface area contributed by atoms with Gasteiger partial charge in [-0.2, -0.15) is 5.10 Å². The maximum atomic E-state index is 13.6. The Balaban J connectivity index is 1.51. The number of rotatable bonds is 5. The molecular weight excluding hydrogens is 420 g/mol. The van der Waals surface area contributed by atoms with Crippen molar-refractivity contribution in [2.75, 3.05) is 30.0 Å². The van der Waals surface area contributed by atoms with Crippen molar-refractivity contribution in [2.45, 2.75) is 19.3 Å². The van der Waals surface area contributed by atoms with E-state index >= 15 is 0 Å². The third-order valence-electron chi connectivity index (χ3n) is 6.16. The smallest absolute Gasteiger partial charge is 0.277 e. The number of hydrogen-bond donors (Lipinski definition) is 2. The van der Waals surface area contributed by atoms with Gasteiger partial charge in [0.2, 0.25) is 0 Å². The minimum atomic E-state index is -0.655. The molecule has 0 radical (unpaired) electrons. The number of carbonyl (C=O) groups excluding carboxylic acids is 2. The van der Waals surface area contributed by atoms with Crippen LogP contribution in [0.1, 0.15) is 39.4 Å². The summed E-state index contributed by atoms with van der Waals surface area (Å²) in [5, 5.41) is 12.5. The van der Waals surface area contributed by atoms with Gasteiger partial charge in [-0.15, -0.1) is 0 Å². The predicted octanol–water partition coefficient (Wildman–Crippen LogP) is 2.76. The molecule has 9 heteroatoms. The number of nitrogens with one attached hydrogen (secondary N) is 1. The molecule has 3 N–H and O–H groups in total. The number of methoxy groups -OCH3 is 1. The first-order valence-corrected chi connectivity index (χ1v) is 10.8. The van der Waals surface area contributed by atoms with Crippen molar-refractivity contribution in [3.05, 3.63) is 65.5 Å². The molecule has 9 nitrogen and oxygen atoms in total. The first kappa shape index (κ1) is 20.7. The molecule has 1 fully saturated rings. The third kappa shape index (κ3) is 3.51. The van der Waals surface area contributed by atoms with Gasteiger partial charge in [0.15, 0.2) is 5.69 Å². The van der Waals surface area contributed by atoms with Gasteiger partial charge in [-0.05, 0) is 61.4 Å². The minimum absolute atomic E-state index is 0.122. The molecule has 168 valence electrons. The molecule has 2 aliphatic rings. The molecule has 1 aromatic heterocycles. The van der Waals surface area contributed by atoms with Crippen molar-refractivity contribution >= 4 is 29.0 Å². The van der Waals surface area contributed by atoms with Crippen LogP contribution in [-0.4, -0.2) is 47.6 Å². The molecule has 2 amide bonds. The van der Waals surface area contributed by atoms with Gasteiger partial charge in [0.1, 0.15) is 17.3 Å². The van der Waals surface area contributed by atoms with E-state index in [4.69, 9.17) is 15.9 Å². The Kier molecular flexibility index (Phi) is 5.08. The molecule has 3 aromatic rings. The molecule has 0 unspecified atom stereocenters. The minimum Gasteiger partial charge on any atom is -0.497 e.